The Morgan fingerprint density at radius 3 is 2.67 bits per heavy atom. The summed E-state index contributed by atoms with van der Waals surface area (Å²) in [6, 6.07) is 7.28. The molecule has 18 heavy (non-hydrogen) atoms. The van der Waals surface area contributed by atoms with Crippen molar-refractivity contribution in [2.75, 3.05) is 7.11 Å². The van der Waals surface area contributed by atoms with Gasteiger partial charge in [0.2, 0.25) is 0 Å². The van der Waals surface area contributed by atoms with Crippen LogP contribution in [0.3, 0.4) is 0 Å². The first kappa shape index (κ1) is 14.7. The zero-order valence-electron chi connectivity index (χ0n) is 10.7. The van der Waals surface area contributed by atoms with Crippen LogP contribution >= 0.6 is 15.9 Å². The standard InChI is InChI=1S/C14H16BrNO2/c1-9(2)6-10(8-16)14(17)12-5-4-11(15)7-13(12)18-3/h4-5,7,9-10H,6H2,1-3H3. The van der Waals surface area contributed by atoms with Crippen molar-refractivity contribution in [1.29, 1.82) is 5.26 Å². The smallest absolute Gasteiger partial charge is 0.183 e. The number of carbonyl (C=O) groups excluding carboxylic acids is 1. The van der Waals surface area contributed by atoms with E-state index in [0.29, 0.717) is 23.7 Å². The second-order valence-electron chi connectivity index (χ2n) is 4.52. The monoisotopic (exact) mass is 309 g/mol. The fourth-order valence-electron chi connectivity index (χ4n) is 1.75. The third-order valence-electron chi connectivity index (χ3n) is 2.61. The van der Waals surface area contributed by atoms with Crippen LogP contribution < -0.4 is 4.74 Å². The van der Waals surface area contributed by atoms with Crippen molar-refractivity contribution in [3.05, 3.63) is 28.2 Å². The molecule has 1 rings (SSSR count). The highest BCUT2D eigenvalue weighted by Gasteiger charge is 2.23. The first-order chi connectivity index (χ1) is 8.49. The Morgan fingerprint density at radius 2 is 2.17 bits per heavy atom. The number of rotatable bonds is 5. The van der Waals surface area contributed by atoms with E-state index in [2.05, 4.69) is 22.0 Å². The number of hydrogen-bond donors (Lipinski definition) is 0. The molecular weight excluding hydrogens is 294 g/mol. The largest absolute Gasteiger partial charge is 0.496 e. The average molecular weight is 310 g/mol. The highest BCUT2D eigenvalue weighted by atomic mass is 79.9. The maximum absolute atomic E-state index is 12.3. The molecule has 1 atom stereocenters. The minimum atomic E-state index is -0.611. The molecule has 1 unspecified atom stereocenters. The lowest BCUT2D eigenvalue weighted by atomic mass is 9.90. The molecule has 0 aliphatic carbocycles. The maximum atomic E-state index is 12.3. The number of nitrogens with zero attached hydrogens (tertiary/aromatic N) is 1. The topological polar surface area (TPSA) is 50.1 Å². The Morgan fingerprint density at radius 1 is 1.50 bits per heavy atom. The van der Waals surface area contributed by atoms with E-state index in [4.69, 9.17) is 10.00 Å². The lowest BCUT2D eigenvalue weighted by Crippen LogP contribution is -2.16. The molecule has 1 aromatic carbocycles. The van der Waals surface area contributed by atoms with Crippen LogP contribution in [0.5, 0.6) is 5.75 Å². The van der Waals surface area contributed by atoms with Crippen LogP contribution in [0.4, 0.5) is 0 Å². The molecule has 0 heterocycles. The highest BCUT2D eigenvalue weighted by molar-refractivity contribution is 9.10. The summed E-state index contributed by atoms with van der Waals surface area (Å²) in [5.41, 5.74) is 0.466. The lowest BCUT2D eigenvalue weighted by molar-refractivity contribution is 0.0934. The van der Waals surface area contributed by atoms with Gasteiger partial charge in [-0.15, -0.1) is 0 Å². The number of Topliss-reactive ketones (excluding diaryl/α,β-unsaturated/α-hetero) is 1. The molecule has 96 valence electrons. The van der Waals surface area contributed by atoms with Crippen molar-refractivity contribution in [3.8, 4) is 11.8 Å². The average Bonchev–Trinajstić information content (AvgIpc) is 2.34. The van der Waals surface area contributed by atoms with Gasteiger partial charge in [0, 0.05) is 4.47 Å². The van der Waals surface area contributed by atoms with Crippen molar-refractivity contribution in [2.24, 2.45) is 11.8 Å². The van der Waals surface area contributed by atoms with Gasteiger partial charge >= 0.3 is 0 Å². The summed E-state index contributed by atoms with van der Waals surface area (Å²) in [6.45, 7) is 3.99. The summed E-state index contributed by atoms with van der Waals surface area (Å²) in [7, 11) is 1.52. The Balaban J connectivity index is 3.06. The maximum Gasteiger partial charge on any atom is 0.183 e. The number of benzene rings is 1. The second-order valence-corrected chi connectivity index (χ2v) is 5.44. The van der Waals surface area contributed by atoms with Crippen molar-refractivity contribution in [1.82, 2.24) is 0 Å². The number of halogens is 1. The van der Waals surface area contributed by atoms with E-state index in [0.717, 1.165) is 4.47 Å². The van der Waals surface area contributed by atoms with Crippen molar-refractivity contribution >= 4 is 21.7 Å². The van der Waals surface area contributed by atoms with E-state index in [1.165, 1.54) is 7.11 Å². The predicted octanol–water partition coefficient (Wildman–Crippen LogP) is 3.83. The molecule has 1 aromatic rings. The molecule has 0 amide bonds. The van der Waals surface area contributed by atoms with E-state index in [1.807, 2.05) is 13.8 Å². The van der Waals surface area contributed by atoms with Crippen LogP contribution in [-0.2, 0) is 0 Å². The third-order valence-corrected chi connectivity index (χ3v) is 3.10. The first-order valence-electron chi connectivity index (χ1n) is 5.77. The van der Waals surface area contributed by atoms with E-state index < -0.39 is 5.92 Å². The van der Waals surface area contributed by atoms with Crippen LogP contribution in [-0.4, -0.2) is 12.9 Å². The van der Waals surface area contributed by atoms with Gasteiger partial charge < -0.3 is 4.74 Å². The molecule has 0 spiro atoms. The molecule has 4 heteroatoms. The lowest BCUT2D eigenvalue weighted by Gasteiger charge is -2.13. The molecule has 0 aromatic heterocycles. The van der Waals surface area contributed by atoms with Gasteiger partial charge in [-0.25, -0.2) is 0 Å². The minimum absolute atomic E-state index is 0.171. The van der Waals surface area contributed by atoms with Crippen LogP contribution in [0.25, 0.3) is 0 Å². The van der Waals surface area contributed by atoms with Gasteiger partial charge in [-0.3, -0.25) is 4.79 Å². The molecule has 0 radical (unpaired) electrons. The summed E-state index contributed by atoms with van der Waals surface area (Å²) in [5.74, 6) is 0.0223. The molecular formula is C14H16BrNO2. The Hall–Kier alpha value is -1.34. The number of ketones is 1. The SMILES string of the molecule is COc1cc(Br)ccc1C(=O)C(C#N)CC(C)C. The summed E-state index contributed by atoms with van der Waals surface area (Å²) in [4.78, 5) is 12.3. The van der Waals surface area contributed by atoms with Gasteiger partial charge in [0.1, 0.15) is 11.7 Å². The van der Waals surface area contributed by atoms with Crippen molar-refractivity contribution < 1.29 is 9.53 Å². The second kappa shape index (κ2) is 6.55. The van der Waals surface area contributed by atoms with Gasteiger partial charge in [0.25, 0.3) is 0 Å². The van der Waals surface area contributed by atoms with Gasteiger partial charge in [-0.2, -0.15) is 5.26 Å². The first-order valence-corrected chi connectivity index (χ1v) is 6.56. The summed E-state index contributed by atoms with van der Waals surface area (Å²) in [5, 5.41) is 9.10. The van der Waals surface area contributed by atoms with E-state index in [1.54, 1.807) is 18.2 Å². The Bertz CT molecular complexity index is 477. The number of nitriles is 1. The predicted molar refractivity (Wildman–Crippen MR) is 73.6 cm³/mol. The zero-order chi connectivity index (χ0) is 13.7. The number of carbonyl (C=O) groups is 1. The highest BCUT2D eigenvalue weighted by Crippen LogP contribution is 2.27. The van der Waals surface area contributed by atoms with Gasteiger partial charge in [0.15, 0.2) is 5.78 Å². The van der Waals surface area contributed by atoms with Gasteiger partial charge in [-0.1, -0.05) is 29.8 Å². The normalized spacial score (nSPS) is 12.0. The summed E-state index contributed by atoms with van der Waals surface area (Å²) >= 11 is 3.32. The van der Waals surface area contributed by atoms with E-state index >= 15 is 0 Å². The molecule has 0 bridgehead atoms. The summed E-state index contributed by atoms with van der Waals surface area (Å²) in [6.07, 6.45) is 0.564. The fraction of sp³-hybridized carbons (Fsp3) is 0.429. The van der Waals surface area contributed by atoms with Crippen molar-refractivity contribution in [2.45, 2.75) is 20.3 Å². The number of methoxy groups -OCH3 is 1. The molecule has 0 aliphatic heterocycles. The Labute approximate surface area is 116 Å². The van der Waals surface area contributed by atoms with Crippen LogP contribution in [0.15, 0.2) is 22.7 Å². The summed E-state index contributed by atoms with van der Waals surface area (Å²) < 4.78 is 6.03. The van der Waals surface area contributed by atoms with Crippen LogP contribution in [0.2, 0.25) is 0 Å². The van der Waals surface area contributed by atoms with Crippen LogP contribution in [0, 0.1) is 23.2 Å². The molecule has 3 nitrogen and oxygen atoms in total. The quantitative estimate of drug-likeness (QED) is 0.777. The van der Waals surface area contributed by atoms with Crippen molar-refractivity contribution in [3.63, 3.8) is 0 Å². The minimum Gasteiger partial charge on any atom is -0.496 e. The Kier molecular flexibility index (Phi) is 5.36. The van der Waals surface area contributed by atoms with E-state index in [9.17, 15) is 4.79 Å². The number of ether oxygens (including phenoxy) is 1. The fourth-order valence-corrected chi connectivity index (χ4v) is 2.09. The number of hydrogen-bond acceptors (Lipinski definition) is 3. The van der Waals surface area contributed by atoms with Gasteiger partial charge in [-0.05, 0) is 30.5 Å². The molecule has 0 fully saturated rings. The van der Waals surface area contributed by atoms with Gasteiger partial charge in [0.05, 0.1) is 18.7 Å². The molecule has 0 aliphatic rings. The van der Waals surface area contributed by atoms with Crippen LogP contribution in [0.1, 0.15) is 30.6 Å². The molecule has 0 saturated carbocycles. The third kappa shape index (κ3) is 3.58. The molecule has 0 saturated heterocycles. The van der Waals surface area contributed by atoms with E-state index in [-0.39, 0.29) is 5.78 Å². The molecule has 0 N–H and O–H groups in total. The zero-order valence-corrected chi connectivity index (χ0v) is 12.3.